The van der Waals surface area contributed by atoms with Crippen molar-refractivity contribution in [3.8, 4) is 0 Å². The molecule has 2 heterocycles. The minimum Gasteiger partial charge on any atom is -0.462 e. The van der Waals surface area contributed by atoms with Crippen molar-refractivity contribution < 1.29 is 18.7 Å². The van der Waals surface area contributed by atoms with E-state index >= 15 is 0 Å². The smallest absolute Gasteiger partial charge is 0.338 e. The maximum absolute atomic E-state index is 13.2. The lowest BCUT2D eigenvalue weighted by molar-refractivity contribution is -0.117. The Hall–Kier alpha value is -4.21. The van der Waals surface area contributed by atoms with E-state index in [-0.39, 0.29) is 24.5 Å². The number of esters is 1. The summed E-state index contributed by atoms with van der Waals surface area (Å²) in [7, 11) is 0. The molecule has 1 aliphatic heterocycles. The molecule has 9 nitrogen and oxygen atoms in total. The second-order valence-corrected chi connectivity index (χ2v) is 7.98. The summed E-state index contributed by atoms with van der Waals surface area (Å²) in [5.41, 5.74) is 1.45. The largest absolute Gasteiger partial charge is 0.462 e. The Morgan fingerprint density at radius 3 is 2.26 bits per heavy atom. The molecule has 182 valence electrons. The highest BCUT2D eigenvalue weighted by Crippen LogP contribution is 2.19. The summed E-state index contributed by atoms with van der Waals surface area (Å²) in [5, 5.41) is 7.09. The minimum absolute atomic E-state index is 0.248. The third-order valence-electron chi connectivity index (χ3n) is 5.62. The Bertz CT molecular complexity index is 1240. The molecule has 35 heavy (non-hydrogen) atoms. The van der Waals surface area contributed by atoms with Crippen molar-refractivity contribution in [2.75, 3.05) is 47.9 Å². The first-order valence-corrected chi connectivity index (χ1v) is 11.3. The predicted octanol–water partition coefficient (Wildman–Crippen LogP) is 2.52. The van der Waals surface area contributed by atoms with Crippen LogP contribution in [0.2, 0.25) is 0 Å². The average molecular weight is 480 g/mol. The summed E-state index contributed by atoms with van der Waals surface area (Å²) in [6.07, 6.45) is 0. The van der Waals surface area contributed by atoms with Gasteiger partial charge in [0.1, 0.15) is 18.2 Å². The fourth-order valence-corrected chi connectivity index (χ4v) is 3.81. The molecule has 3 aromatic rings. The van der Waals surface area contributed by atoms with Crippen LogP contribution in [-0.4, -0.2) is 54.4 Å². The maximum Gasteiger partial charge on any atom is 0.338 e. The Labute approximate surface area is 201 Å². The first-order chi connectivity index (χ1) is 16.9. The summed E-state index contributed by atoms with van der Waals surface area (Å²) in [6, 6.07) is 15.8. The van der Waals surface area contributed by atoms with Crippen LogP contribution >= 0.6 is 0 Å². The van der Waals surface area contributed by atoms with Crippen LogP contribution in [-0.2, 0) is 16.1 Å². The van der Waals surface area contributed by atoms with Gasteiger partial charge in [-0.25, -0.2) is 13.9 Å². The zero-order chi connectivity index (χ0) is 24.8. The molecule has 4 rings (SSSR count). The number of anilines is 3. The molecule has 0 bridgehead atoms. The number of nitrogens with zero attached hydrogens (tertiary/aromatic N) is 4. The molecule has 1 N–H and O–H groups in total. The van der Waals surface area contributed by atoms with Crippen LogP contribution in [0.15, 0.2) is 65.5 Å². The number of rotatable bonds is 7. The molecular weight excluding hydrogens is 453 g/mol. The van der Waals surface area contributed by atoms with Crippen LogP contribution in [0.3, 0.4) is 0 Å². The van der Waals surface area contributed by atoms with E-state index in [1.807, 2.05) is 4.90 Å². The predicted molar refractivity (Wildman–Crippen MR) is 130 cm³/mol. The lowest BCUT2D eigenvalue weighted by atomic mass is 10.2. The van der Waals surface area contributed by atoms with Gasteiger partial charge in [-0.05, 0) is 61.5 Å². The number of hydrogen-bond acceptors (Lipinski definition) is 7. The van der Waals surface area contributed by atoms with Crippen LogP contribution in [0.1, 0.15) is 17.3 Å². The van der Waals surface area contributed by atoms with Crippen molar-refractivity contribution in [3.63, 3.8) is 0 Å². The van der Waals surface area contributed by atoms with E-state index in [9.17, 15) is 18.8 Å². The molecule has 1 amide bonds. The molecule has 1 aliphatic rings. The van der Waals surface area contributed by atoms with Crippen molar-refractivity contribution in [1.82, 2.24) is 9.78 Å². The van der Waals surface area contributed by atoms with E-state index in [0.717, 1.165) is 10.4 Å². The second kappa shape index (κ2) is 10.8. The number of ether oxygens (including phenoxy) is 1. The van der Waals surface area contributed by atoms with E-state index in [1.54, 1.807) is 49.4 Å². The van der Waals surface area contributed by atoms with Crippen molar-refractivity contribution in [2.24, 2.45) is 0 Å². The third-order valence-corrected chi connectivity index (χ3v) is 5.62. The van der Waals surface area contributed by atoms with Gasteiger partial charge in [-0.1, -0.05) is 0 Å². The number of nitrogens with one attached hydrogen (secondary N) is 1. The molecule has 0 unspecified atom stereocenters. The van der Waals surface area contributed by atoms with Crippen molar-refractivity contribution in [3.05, 3.63) is 82.4 Å². The molecule has 0 spiro atoms. The SMILES string of the molecule is CCOC(=O)c1ccc(NC(=O)Cn2nc(N3CCN(c4ccc(F)cc4)CC3)ccc2=O)cc1. The number of hydrogen-bond donors (Lipinski definition) is 1. The van der Waals surface area contributed by atoms with Gasteiger partial charge in [0, 0.05) is 43.6 Å². The van der Waals surface area contributed by atoms with E-state index in [2.05, 4.69) is 15.3 Å². The van der Waals surface area contributed by atoms with Gasteiger partial charge in [0.2, 0.25) is 5.91 Å². The molecular formula is C25H26FN5O4. The van der Waals surface area contributed by atoms with Crippen LogP contribution in [0.25, 0.3) is 0 Å². The minimum atomic E-state index is -0.434. The number of carbonyl (C=O) groups is 2. The molecule has 0 aliphatic carbocycles. The number of piperazine rings is 1. The normalized spacial score (nSPS) is 13.4. The van der Waals surface area contributed by atoms with E-state index < -0.39 is 11.9 Å². The van der Waals surface area contributed by atoms with Gasteiger partial charge in [-0.2, -0.15) is 5.10 Å². The van der Waals surface area contributed by atoms with Crippen molar-refractivity contribution in [1.29, 1.82) is 0 Å². The maximum atomic E-state index is 13.2. The Balaban J connectivity index is 1.36. The fourth-order valence-electron chi connectivity index (χ4n) is 3.81. The van der Waals surface area contributed by atoms with Gasteiger partial charge < -0.3 is 19.9 Å². The zero-order valence-corrected chi connectivity index (χ0v) is 19.3. The second-order valence-electron chi connectivity index (χ2n) is 7.98. The van der Waals surface area contributed by atoms with Gasteiger partial charge in [0.25, 0.3) is 5.56 Å². The summed E-state index contributed by atoms with van der Waals surface area (Å²) in [5.74, 6) is -0.510. The number of benzene rings is 2. The highest BCUT2D eigenvalue weighted by atomic mass is 19.1. The van der Waals surface area contributed by atoms with Gasteiger partial charge in [0.05, 0.1) is 12.2 Å². The Morgan fingerprint density at radius 1 is 0.943 bits per heavy atom. The quantitative estimate of drug-likeness (QED) is 0.520. The number of aromatic nitrogens is 2. The van der Waals surface area contributed by atoms with E-state index in [0.29, 0.717) is 43.2 Å². The highest BCUT2D eigenvalue weighted by Gasteiger charge is 2.19. The van der Waals surface area contributed by atoms with Gasteiger partial charge in [0.15, 0.2) is 0 Å². The van der Waals surface area contributed by atoms with E-state index in [4.69, 9.17) is 4.74 Å². The summed E-state index contributed by atoms with van der Waals surface area (Å²) < 4.78 is 19.3. The fraction of sp³-hybridized carbons (Fsp3) is 0.280. The van der Waals surface area contributed by atoms with Crippen molar-refractivity contribution in [2.45, 2.75) is 13.5 Å². The molecule has 0 atom stereocenters. The van der Waals surface area contributed by atoms with Crippen LogP contribution in [0.5, 0.6) is 0 Å². The topological polar surface area (TPSA) is 96.8 Å². The molecule has 2 aromatic carbocycles. The summed E-state index contributed by atoms with van der Waals surface area (Å²) >= 11 is 0. The highest BCUT2D eigenvalue weighted by molar-refractivity contribution is 5.93. The van der Waals surface area contributed by atoms with Gasteiger partial charge >= 0.3 is 5.97 Å². The van der Waals surface area contributed by atoms with Crippen LogP contribution < -0.4 is 20.7 Å². The number of amides is 1. The zero-order valence-electron chi connectivity index (χ0n) is 19.3. The number of carbonyl (C=O) groups excluding carboxylic acids is 2. The standard InChI is InChI=1S/C25H26FN5O4/c1-2-35-25(34)18-3-7-20(8-4-18)27-23(32)17-31-24(33)12-11-22(28-31)30-15-13-29(14-16-30)21-9-5-19(26)6-10-21/h3-12H,2,13-17H2,1H3,(H,27,32). The van der Waals surface area contributed by atoms with Gasteiger partial charge in [-0.3, -0.25) is 9.59 Å². The number of halogens is 1. The molecule has 0 radical (unpaired) electrons. The van der Waals surface area contributed by atoms with Crippen molar-refractivity contribution >= 4 is 29.1 Å². The lowest BCUT2D eigenvalue weighted by Crippen LogP contribution is -2.47. The first-order valence-electron chi connectivity index (χ1n) is 11.3. The summed E-state index contributed by atoms with van der Waals surface area (Å²) in [6.45, 7) is 4.53. The monoisotopic (exact) mass is 479 g/mol. The van der Waals surface area contributed by atoms with Gasteiger partial charge in [-0.15, -0.1) is 0 Å². The first kappa shape index (κ1) is 23.9. The molecule has 1 saturated heterocycles. The molecule has 0 saturated carbocycles. The van der Waals surface area contributed by atoms with Crippen LogP contribution in [0.4, 0.5) is 21.6 Å². The third kappa shape index (κ3) is 6.03. The lowest BCUT2D eigenvalue weighted by Gasteiger charge is -2.36. The van der Waals surface area contributed by atoms with Crippen LogP contribution in [0, 0.1) is 5.82 Å². The molecule has 1 fully saturated rings. The average Bonchev–Trinajstić information content (AvgIpc) is 2.86. The summed E-state index contributed by atoms with van der Waals surface area (Å²) in [4.78, 5) is 40.8. The molecule has 1 aromatic heterocycles. The molecule has 10 heteroatoms. The van der Waals surface area contributed by atoms with E-state index in [1.165, 1.54) is 18.2 Å². The Morgan fingerprint density at radius 2 is 1.60 bits per heavy atom. The Kier molecular flexibility index (Phi) is 7.39.